The van der Waals surface area contributed by atoms with Crippen LogP contribution in [-0.4, -0.2) is 140 Å². The number of allylic oxidation sites excluding steroid dienone is 7. The molecule has 14 heteroatoms. The van der Waals surface area contributed by atoms with Gasteiger partial charge in [-0.15, -0.1) is 0 Å². The molecule has 2 heterocycles. The number of ether oxygens (including phenoxy) is 4. The summed E-state index contributed by atoms with van der Waals surface area (Å²) in [6, 6.07) is -0.911. The fourth-order valence-corrected chi connectivity index (χ4v) is 10.7. The van der Waals surface area contributed by atoms with Gasteiger partial charge < -0.3 is 65.1 Å². The number of amides is 1. The van der Waals surface area contributed by atoms with Crippen LogP contribution in [0, 0.1) is 0 Å². The summed E-state index contributed by atoms with van der Waals surface area (Å²) in [6.07, 6.45) is 49.2. The highest BCUT2D eigenvalue weighted by Gasteiger charge is 2.51. The van der Waals surface area contributed by atoms with Crippen LogP contribution in [0.25, 0.3) is 0 Å². The van der Waals surface area contributed by atoms with Gasteiger partial charge in [0.25, 0.3) is 0 Å². The Hall–Kier alpha value is -2.05. The summed E-state index contributed by atoms with van der Waals surface area (Å²) in [5.41, 5.74) is 0. The molecule has 9 N–H and O–H groups in total. The minimum absolute atomic E-state index is 0.239. The molecule has 0 aromatic carbocycles. The molecule has 0 bridgehead atoms. The first-order chi connectivity index (χ1) is 39.1. The Morgan fingerprint density at radius 3 is 1.26 bits per heavy atom. The van der Waals surface area contributed by atoms with Gasteiger partial charge in [-0.05, 0) is 57.8 Å². The Labute approximate surface area is 486 Å². The van der Waals surface area contributed by atoms with Crippen LogP contribution in [0.5, 0.6) is 0 Å². The number of rotatable bonds is 53. The van der Waals surface area contributed by atoms with Crippen molar-refractivity contribution in [1.29, 1.82) is 0 Å². The predicted octanol–water partition coefficient (Wildman–Crippen LogP) is 12.3. The third-order valence-electron chi connectivity index (χ3n) is 16.0. The number of carbonyl (C=O) groups is 1. The van der Waals surface area contributed by atoms with E-state index in [4.69, 9.17) is 18.9 Å². The topological polar surface area (TPSA) is 228 Å². The van der Waals surface area contributed by atoms with Crippen molar-refractivity contribution in [3.8, 4) is 0 Å². The Balaban J connectivity index is 1.54. The molecule has 14 nitrogen and oxygen atoms in total. The lowest BCUT2D eigenvalue weighted by atomic mass is 9.97. The molecule has 0 spiro atoms. The van der Waals surface area contributed by atoms with E-state index in [2.05, 4.69) is 55.6 Å². The zero-order valence-electron chi connectivity index (χ0n) is 50.6. The summed E-state index contributed by atoms with van der Waals surface area (Å²) in [6.45, 7) is 2.76. The van der Waals surface area contributed by atoms with Gasteiger partial charge in [-0.1, -0.05) is 255 Å². The largest absolute Gasteiger partial charge is 0.394 e. The molecule has 2 rings (SSSR count). The van der Waals surface area contributed by atoms with E-state index in [-0.39, 0.29) is 18.9 Å². The molecule has 0 saturated carbocycles. The number of hydrogen-bond acceptors (Lipinski definition) is 13. The first-order valence-electron chi connectivity index (χ1n) is 32.9. The van der Waals surface area contributed by atoms with E-state index in [9.17, 15) is 45.6 Å². The van der Waals surface area contributed by atoms with Crippen LogP contribution in [0.1, 0.15) is 271 Å². The van der Waals surface area contributed by atoms with Gasteiger partial charge in [0.15, 0.2) is 12.6 Å². The minimum atomic E-state index is -1.79. The summed E-state index contributed by atoms with van der Waals surface area (Å²) >= 11 is 0. The van der Waals surface area contributed by atoms with Crippen LogP contribution in [0.4, 0.5) is 0 Å². The summed E-state index contributed by atoms with van der Waals surface area (Å²) in [4.78, 5) is 13.2. The molecule has 0 aromatic rings. The molecule has 0 aliphatic carbocycles. The lowest BCUT2D eigenvalue weighted by Crippen LogP contribution is -2.65. The van der Waals surface area contributed by atoms with E-state index in [1.54, 1.807) is 6.08 Å². The molecule has 12 unspecified atom stereocenters. The number of unbranched alkanes of at least 4 members (excludes halogenated alkanes) is 34. The maximum atomic E-state index is 13.2. The summed E-state index contributed by atoms with van der Waals surface area (Å²) < 4.78 is 22.7. The van der Waals surface area contributed by atoms with Crippen molar-refractivity contribution in [3.63, 3.8) is 0 Å². The van der Waals surface area contributed by atoms with Crippen LogP contribution in [0.3, 0.4) is 0 Å². The Morgan fingerprint density at radius 2 is 0.825 bits per heavy atom. The van der Waals surface area contributed by atoms with Crippen molar-refractivity contribution >= 4 is 5.91 Å². The van der Waals surface area contributed by atoms with Gasteiger partial charge in [0.05, 0.1) is 32.0 Å². The molecular weight excluding hydrogens is 1010 g/mol. The second-order valence-corrected chi connectivity index (χ2v) is 23.2. The fourth-order valence-electron chi connectivity index (χ4n) is 10.7. The van der Waals surface area contributed by atoms with Gasteiger partial charge in [0, 0.05) is 6.42 Å². The summed E-state index contributed by atoms with van der Waals surface area (Å²) in [7, 11) is 0. The highest BCUT2D eigenvalue weighted by molar-refractivity contribution is 5.76. The van der Waals surface area contributed by atoms with Gasteiger partial charge in [-0.2, -0.15) is 0 Å². The fraction of sp³-hybridized carbons (Fsp3) is 0.864. The molecule has 2 saturated heterocycles. The predicted molar refractivity (Wildman–Crippen MR) is 323 cm³/mol. The SMILES string of the molecule is CCCCCCC/C=C\C/C=C\C/C=C\CCCCCCCCCCCCCCCCCCCCCCCCC(=O)NC(COC1OC(CO)C(OC2OC(CO)C(O)C(O)C2O)C(O)C1O)C(O)/C=C/CCCCCCCCC. The van der Waals surface area contributed by atoms with Crippen LogP contribution >= 0.6 is 0 Å². The van der Waals surface area contributed by atoms with Crippen LogP contribution < -0.4 is 5.32 Å². The van der Waals surface area contributed by atoms with Crippen molar-refractivity contribution in [3.05, 3.63) is 48.6 Å². The van der Waals surface area contributed by atoms with Crippen molar-refractivity contribution in [2.24, 2.45) is 0 Å². The van der Waals surface area contributed by atoms with Gasteiger partial charge in [0.1, 0.15) is 48.8 Å². The molecule has 2 aliphatic heterocycles. The van der Waals surface area contributed by atoms with Crippen molar-refractivity contribution in [1.82, 2.24) is 5.32 Å². The zero-order chi connectivity index (χ0) is 58.1. The van der Waals surface area contributed by atoms with Gasteiger partial charge in [0.2, 0.25) is 5.91 Å². The molecule has 2 fully saturated rings. The lowest BCUT2D eigenvalue weighted by Gasteiger charge is -2.46. The molecule has 12 atom stereocenters. The van der Waals surface area contributed by atoms with Gasteiger partial charge >= 0.3 is 0 Å². The zero-order valence-corrected chi connectivity index (χ0v) is 50.6. The Morgan fingerprint density at radius 1 is 0.450 bits per heavy atom. The molecule has 80 heavy (non-hydrogen) atoms. The molecule has 0 aromatic heterocycles. The van der Waals surface area contributed by atoms with E-state index in [1.807, 2.05) is 6.08 Å². The lowest BCUT2D eigenvalue weighted by molar-refractivity contribution is -0.359. The molecule has 0 radical (unpaired) electrons. The average Bonchev–Trinajstić information content (AvgIpc) is 3.49. The van der Waals surface area contributed by atoms with Crippen LogP contribution in [-0.2, 0) is 23.7 Å². The molecular formula is C66H121NO13. The third kappa shape index (κ3) is 35.9. The van der Waals surface area contributed by atoms with Gasteiger partial charge in [-0.3, -0.25) is 4.79 Å². The maximum Gasteiger partial charge on any atom is 0.220 e. The standard InChI is InChI=1S/C66H121NO13/c1-3-5-7-9-11-13-14-15-16-17-18-19-20-21-22-23-24-25-26-27-28-29-30-31-32-33-34-35-36-37-38-39-40-42-44-46-48-50-58(71)67-54(55(70)49-47-45-43-41-12-10-8-6-4-2)53-77-65-63(76)61(74)64(57(52-69)79-65)80-66-62(75)60(73)59(72)56(51-68)78-66/h14-15,17-18,20-21,47,49,54-57,59-66,68-70,72-76H,3-13,16,19,22-46,48,50-53H2,1-2H3,(H,67,71)/b15-14-,18-17-,21-20-,49-47+. The monoisotopic (exact) mass is 1140 g/mol. The summed E-state index contributed by atoms with van der Waals surface area (Å²) in [5.74, 6) is -0.239. The number of hydrogen-bond donors (Lipinski definition) is 9. The van der Waals surface area contributed by atoms with E-state index < -0.39 is 86.8 Å². The highest BCUT2D eigenvalue weighted by Crippen LogP contribution is 2.30. The third-order valence-corrected chi connectivity index (χ3v) is 16.0. The Kier molecular flexibility index (Phi) is 47.6. The van der Waals surface area contributed by atoms with Crippen molar-refractivity contribution < 1.29 is 64.6 Å². The Bertz CT molecular complexity index is 1530. The van der Waals surface area contributed by atoms with Crippen molar-refractivity contribution in [2.75, 3.05) is 19.8 Å². The van der Waals surface area contributed by atoms with E-state index in [1.165, 1.54) is 193 Å². The highest BCUT2D eigenvalue weighted by atomic mass is 16.7. The second kappa shape index (κ2) is 51.4. The smallest absolute Gasteiger partial charge is 0.220 e. The van der Waals surface area contributed by atoms with Crippen LogP contribution in [0.2, 0.25) is 0 Å². The number of aliphatic hydroxyl groups is 8. The summed E-state index contributed by atoms with van der Waals surface area (Å²) in [5, 5.41) is 86.9. The van der Waals surface area contributed by atoms with E-state index in [0.29, 0.717) is 6.42 Å². The first kappa shape index (κ1) is 74.1. The van der Waals surface area contributed by atoms with Gasteiger partial charge in [-0.25, -0.2) is 0 Å². The first-order valence-corrected chi connectivity index (χ1v) is 32.9. The second-order valence-electron chi connectivity index (χ2n) is 23.2. The molecule has 468 valence electrons. The number of aliphatic hydroxyl groups excluding tert-OH is 8. The average molecular weight is 1140 g/mol. The molecule has 2 aliphatic rings. The van der Waals surface area contributed by atoms with E-state index in [0.717, 1.165) is 51.4 Å². The molecule has 1 amide bonds. The van der Waals surface area contributed by atoms with Crippen LogP contribution in [0.15, 0.2) is 48.6 Å². The maximum absolute atomic E-state index is 13.2. The van der Waals surface area contributed by atoms with Crippen molar-refractivity contribution in [2.45, 2.75) is 344 Å². The normalized spacial score (nSPS) is 24.5. The van der Waals surface area contributed by atoms with E-state index >= 15 is 0 Å². The number of nitrogens with one attached hydrogen (secondary N) is 1. The minimum Gasteiger partial charge on any atom is -0.394 e. The number of carbonyl (C=O) groups excluding carboxylic acids is 1. The quantitative estimate of drug-likeness (QED) is 0.0204.